The first kappa shape index (κ1) is 23.3. The van der Waals surface area contributed by atoms with Gasteiger partial charge in [0.2, 0.25) is 11.8 Å². The van der Waals surface area contributed by atoms with E-state index in [2.05, 4.69) is 5.32 Å². The zero-order chi connectivity index (χ0) is 21.2. The van der Waals surface area contributed by atoms with Crippen molar-refractivity contribution in [2.45, 2.75) is 45.5 Å². The smallest absolute Gasteiger partial charge is 0.242 e. The number of aryl methyl sites for hydroxylation is 1. The summed E-state index contributed by atoms with van der Waals surface area (Å²) < 4.78 is 0. The lowest BCUT2D eigenvalue weighted by atomic mass is 10.1. The van der Waals surface area contributed by atoms with Crippen LogP contribution in [0.4, 0.5) is 0 Å². The average molecular weight is 433 g/mol. The fourth-order valence-corrected chi connectivity index (χ4v) is 4.14. The Labute approximate surface area is 183 Å². The monoisotopic (exact) mass is 432 g/mol. The zero-order valence-corrected chi connectivity index (χ0v) is 18.9. The largest absolute Gasteiger partial charge is 0.355 e. The number of halogens is 1. The molecule has 156 valence electrons. The van der Waals surface area contributed by atoms with E-state index in [1.54, 1.807) is 4.90 Å². The summed E-state index contributed by atoms with van der Waals surface area (Å²) in [6.07, 6.45) is 0.572. The lowest BCUT2D eigenvalue weighted by molar-refractivity contribution is -0.139. The van der Waals surface area contributed by atoms with Crippen LogP contribution in [0.2, 0.25) is 5.02 Å². The predicted octanol–water partition coefficient (Wildman–Crippen LogP) is 4.83. The molecule has 0 unspecified atom stereocenters. The Morgan fingerprint density at radius 2 is 1.83 bits per heavy atom. The van der Waals surface area contributed by atoms with E-state index in [1.807, 2.05) is 69.3 Å². The molecule has 2 aromatic rings. The molecule has 2 aromatic carbocycles. The molecule has 1 atom stereocenters. The van der Waals surface area contributed by atoms with Gasteiger partial charge < -0.3 is 10.2 Å². The minimum absolute atomic E-state index is 0.0318. The summed E-state index contributed by atoms with van der Waals surface area (Å²) in [5.41, 5.74) is 3.27. The van der Waals surface area contributed by atoms with Crippen molar-refractivity contribution < 1.29 is 9.59 Å². The highest BCUT2D eigenvalue weighted by Gasteiger charge is 2.28. The number of likely N-dealkylation sites (N-methyl/N-ethyl adjacent to an activating group) is 1. The van der Waals surface area contributed by atoms with E-state index in [0.29, 0.717) is 36.0 Å². The van der Waals surface area contributed by atoms with Gasteiger partial charge in [0.25, 0.3) is 0 Å². The first-order chi connectivity index (χ1) is 13.9. The number of benzene rings is 2. The minimum atomic E-state index is -0.476. The zero-order valence-electron chi connectivity index (χ0n) is 17.3. The summed E-state index contributed by atoms with van der Waals surface area (Å²) in [5, 5.41) is 3.55. The molecule has 0 heterocycles. The molecule has 1 N–H and O–H groups in total. The highest BCUT2D eigenvalue weighted by atomic mass is 35.5. The van der Waals surface area contributed by atoms with Gasteiger partial charge >= 0.3 is 0 Å². The van der Waals surface area contributed by atoms with Crippen LogP contribution in [-0.4, -0.2) is 35.1 Å². The summed E-state index contributed by atoms with van der Waals surface area (Å²) in [5.74, 6) is 0.877. The molecule has 0 saturated carbocycles. The van der Waals surface area contributed by atoms with Crippen LogP contribution in [0.3, 0.4) is 0 Å². The molecule has 0 aromatic heterocycles. The van der Waals surface area contributed by atoms with Crippen LogP contribution in [0, 0.1) is 6.92 Å². The number of hydrogen-bond donors (Lipinski definition) is 1. The first-order valence-electron chi connectivity index (χ1n) is 9.89. The minimum Gasteiger partial charge on any atom is -0.355 e. The molecule has 0 aliphatic rings. The second-order valence-electron chi connectivity index (χ2n) is 6.95. The van der Waals surface area contributed by atoms with Crippen LogP contribution in [0.25, 0.3) is 0 Å². The lowest BCUT2D eigenvalue weighted by Crippen LogP contribution is -2.49. The van der Waals surface area contributed by atoms with Crippen LogP contribution in [0.5, 0.6) is 0 Å². The van der Waals surface area contributed by atoms with Crippen LogP contribution >= 0.6 is 23.4 Å². The SMILES string of the molecule is CCNC(=O)[C@H](CC)N(Cc1ccc(C)cc1)C(=O)CSCc1cccc(Cl)c1. The van der Waals surface area contributed by atoms with Crippen molar-refractivity contribution in [3.63, 3.8) is 0 Å². The summed E-state index contributed by atoms with van der Waals surface area (Å²) in [6, 6.07) is 15.3. The maximum atomic E-state index is 13.1. The van der Waals surface area contributed by atoms with E-state index < -0.39 is 6.04 Å². The number of thioether (sulfide) groups is 1. The van der Waals surface area contributed by atoms with Gasteiger partial charge in [-0.3, -0.25) is 9.59 Å². The van der Waals surface area contributed by atoms with Gasteiger partial charge in [-0.2, -0.15) is 0 Å². The number of nitrogens with zero attached hydrogens (tertiary/aromatic N) is 1. The summed E-state index contributed by atoms with van der Waals surface area (Å²) >= 11 is 7.57. The molecule has 2 rings (SSSR count). The number of nitrogens with one attached hydrogen (secondary N) is 1. The molecule has 0 aliphatic carbocycles. The van der Waals surface area contributed by atoms with E-state index >= 15 is 0 Å². The Bertz CT molecular complexity index is 811. The maximum Gasteiger partial charge on any atom is 0.242 e. The fourth-order valence-electron chi connectivity index (χ4n) is 3.07. The van der Waals surface area contributed by atoms with Crippen LogP contribution in [-0.2, 0) is 21.9 Å². The molecule has 2 amide bonds. The number of hydrogen-bond acceptors (Lipinski definition) is 3. The normalized spacial score (nSPS) is 11.7. The van der Waals surface area contributed by atoms with Crippen LogP contribution in [0.1, 0.15) is 37.0 Å². The Kier molecular flexibility index (Phi) is 9.55. The Balaban J connectivity index is 2.10. The highest BCUT2D eigenvalue weighted by molar-refractivity contribution is 7.99. The molecular formula is C23H29ClN2O2S. The summed E-state index contributed by atoms with van der Waals surface area (Å²) in [7, 11) is 0. The third-order valence-electron chi connectivity index (χ3n) is 4.59. The van der Waals surface area contributed by atoms with Gasteiger partial charge in [0.15, 0.2) is 0 Å². The number of rotatable bonds is 10. The van der Waals surface area contributed by atoms with Crippen molar-refractivity contribution in [3.05, 3.63) is 70.2 Å². The van der Waals surface area contributed by atoms with E-state index in [9.17, 15) is 9.59 Å². The third kappa shape index (κ3) is 7.41. The van der Waals surface area contributed by atoms with Crippen molar-refractivity contribution in [2.75, 3.05) is 12.3 Å². The van der Waals surface area contributed by atoms with Crippen molar-refractivity contribution >= 4 is 35.2 Å². The molecule has 0 radical (unpaired) electrons. The predicted molar refractivity (Wildman–Crippen MR) is 122 cm³/mol. The van der Waals surface area contributed by atoms with Gasteiger partial charge in [0, 0.05) is 23.9 Å². The van der Waals surface area contributed by atoms with Gasteiger partial charge in [0.05, 0.1) is 5.75 Å². The number of amides is 2. The van der Waals surface area contributed by atoms with Gasteiger partial charge in [-0.15, -0.1) is 11.8 Å². The molecular weight excluding hydrogens is 404 g/mol. The van der Waals surface area contributed by atoms with E-state index in [-0.39, 0.29) is 11.8 Å². The molecule has 0 aliphatic heterocycles. The van der Waals surface area contributed by atoms with Crippen molar-refractivity contribution in [1.82, 2.24) is 10.2 Å². The van der Waals surface area contributed by atoms with Gasteiger partial charge in [-0.1, -0.05) is 60.5 Å². The molecule has 6 heteroatoms. The van der Waals surface area contributed by atoms with Crippen LogP contribution < -0.4 is 5.32 Å². The van der Waals surface area contributed by atoms with E-state index in [0.717, 1.165) is 11.1 Å². The van der Waals surface area contributed by atoms with Gasteiger partial charge in [-0.25, -0.2) is 0 Å². The quantitative estimate of drug-likeness (QED) is 0.585. The number of carbonyl (C=O) groups excluding carboxylic acids is 2. The van der Waals surface area contributed by atoms with E-state index in [1.165, 1.54) is 17.3 Å². The maximum absolute atomic E-state index is 13.1. The molecule has 0 bridgehead atoms. The lowest BCUT2D eigenvalue weighted by Gasteiger charge is -2.30. The molecule has 0 saturated heterocycles. The molecule has 0 spiro atoms. The highest BCUT2D eigenvalue weighted by Crippen LogP contribution is 2.19. The van der Waals surface area contributed by atoms with Crippen molar-refractivity contribution in [1.29, 1.82) is 0 Å². The number of carbonyl (C=O) groups is 2. The third-order valence-corrected chi connectivity index (χ3v) is 5.82. The van der Waals surface area contributed by atoms with Gasteiger partial charge in [0.1, 0.15) is 6.04 Å². The first-order valence-corrected chi connectivity index (χ1v) is 11.4. The summed E-state index contributed by atoms with van der Waals surface area (Å²) in [6.45, 7) is 6.83. The van der Waals surface area contributed by atoms with E-state index in [4.69, 9.17) is 11.6 Å². The Hall–Kier alpha value is -1.98. The van der Waals surface area contributed by atoms with Crippen molar-refractivity contribution in [3.8, 4) is 0 Å². The second kappa shape index (κ2) is 11.9. The molecule has 4 nitrogen and oxygen atoms in total. The molecule has 29 heavy (non-hydrogen) atoms. The fraction of sp³-hybridized carbons (Fsp3) is 0.391. The Morgan fingerprint density at radius 1 is 1.10 bits per heavy atom. The topological polar surface area (TPSA) is 49.4 Å². The average Bonchev–Trinajstić information content (AvgIpc) is 2.69. The van der Waals surface area contributed by atoms with Crippen molar-refractivity contribution in [2.24, 2.45) is 0 Å². The van der Waals surface area contributed by atoms with Crippen LogP contribution in [0.15, 0.2) is 48.5 Å². The summed E-state index contributed by atoms with van der Waals surface area (Å²) in [4.78, 5) is 27.4. The second-order valence-corrected chi connectivity index (χ2v) is 8.37. The molecule has 0 fully saturated rings. The van der Waals surface area contributed by atoms with Gasteiger partial charge in [-0.05, 0) is 43.5 Å². The Morgan fingerprint density at radius 3 is 2.45 bits per heavy atom. The standard InChI is InChI=1S/C23H29ClN2O2S/c1-4-21(23(28)25-5-2)26(14-18-11-9-17(3)10-12-18)22(27)16-29-15-19-7-6-8-20(24)13-19/h6-13,21H,4-5,14-16H2,1-3H3,(H,25,28)/t21-/m0/s1.